The molecule has 0 spiro atoms. The number of hydrogen-bond donors (Lipinski definition) is 3. The maximum absolute atomic E-state index is 10.6. The summed E-state index contributed by atoms with van der Waals surface area (Å²) in [7, 11) is 0. The molecule has 3 amide bonds. The van der Waals surface area contributed by atoms with Gasteiger partial charge < -0.3 is 5.32 Å². The van der Waals surface area contributed by atoms with Crippen LogP contribution in [0.25, 0.3) is 0 Å². The lowest BCUT2D eigenvalue weighted by Gasteiger charge is -2.03. The van der Waals surface area contributed by atoms with E-state index in [2.05, 4.69) is 22.1 Å². The fraction of sp³-hybridized carbons (Fsp3) is 0.333. The molecule has 0 saturated heterocycles. The van der Waals surface area contributed by atoms with Crippen LogP contribution in [0.15, 0.2) is 0 Å². The summed E-state index contributed by atoms with van der Waals surface area (Å²) in [5, 5.41) is 2.29. The van der Waals surface area contributed by atoms with Crippen molar-refractivity contribution in [3.8, 4) is 12.3 Å². The number of amides is 3. The van der Waals surface area contributed by atoms with Gasteiger partial charge in [-0.1, -0.05) is 5.92 Å². The molecule has 0 aromatic carbocycles. The van der Waals surface area contributed by atoms with Crippen LogP contribution >= 0.6 is 0 Å². The molecule has 0 saturated carbocycles. The number of terminal acetylenes is 1. The summed E-state index contributed by atoms with van der Waals surface area (Å²) in [6.07, 6.45) is 4.85. The van der Waals surface area contributed by atoms with Gasteiger partial charge in [0.1, 0.15) is 0 Å². The van der Waals surface area contributed by atoms with Crippen molar-refractivity contribution in [3.63, 3.8) is 0 Å². The maximum atomic E-state index is 10.6. The average Bonchev–Trinajstić information content (AvgIpc) is 1.97. The molecule has 0 aliphatic heterocycles. The molecule has 3 N–H and O–H groups in total. The molecule has 0 unspecified atom stereocenters. The lowest BCUT2D eigenvalue weighted by Crippen LogP contribution is -2.46. The standard InChI is InChI=1S/C6H9N3O2/c1-3-4-7-6(11)9-8-5(2)10/h1H,4H2,2H3,(H,8,10)(H2,7,9,11). The monoisotopic (exact) mass is 155 g/mol. The summed E-state index contributed by atoms with van der Waals surface area (Å²) in [6, 6.07) is -0.529. The topological polar surface area (TPSA) is 70.2 Å². The first kappa shape index (κ1) is 9.30. The summed E-state index contributed by atoms with van der Waals surface area (Å²) >= 11 is 0. The Bertz CT molecular complexity index is 194. The molecule has 5 heteroatoms. The lowest BCUT2D eigenvalue weighted by molar-refractivity contribution is -0.119. The van der Waals surface area contributed by atoms with E-state index < -0.39 is 6.03 Å². The van der Waals surface area contributed by atoms with Crippen molar-refractivity contribution in [1.29, 1.82) is 0 Å². The predicted molar refractivity (Wildman–Crippen MR) is 39.2 cm³/mol. The lowest BCUT2D eigenvalue weighted by atomic mass is 10.7. The minimum atomic E-state index is -0.529. The Morgan fingerprint density at radius 3 is 2.55 bits per heavy atom. The fourth-order valence-electron chi connectivity index (χ4n) is 0.320. The zero-order chi connectivity index (χ0) is 8.69. The van der Waals surface area contributed by atoms with Crippen LogP contribution in [-0.4, -0.2) is 18.5 Å². The first-order valence-electron chi connectivity index (χ1n) is 2.90. The van der Waals surface area contributed by atoms with E-state index in [4.69, 9.17) is 6.42 Å². The number of hydrogen-bond acceptors (Lipinski definition) is 2. The third-order valence-corrected chi connectivity index (χ3v) is 0.703. The molecular weight excluding hydrogens is 146 g/mol. The Morgan fingerprint density at radius 2 is 2.09 bits per heavy atom. The Labute approximate surface area is 64.5 Å². The summed E-state index contributed by atoms with van der Waals surface area (Å²) in [5.74, 6) is 1.86. The van der Waals surface area contributed by atoms with Crippen LogP contribution < -0.4 is 16.2 Å². The van der Waals surface area contributed by atoms with Crippen LogP contribution in [0.4, 0.5) is 4.79 Å². The third kappa shape index (κ3) is 6.18. The van der Waals surface area contributed by atoms with Gasteiger partial charge in [-0.25, -0.2) is 10.2 Å². The van der Waals surface area contributed by atoms with Gasteiger partial charge in [-0.15, -0.1) is 6.42 Å². The first-order valence-corrected chi connectivity index (χ1v) is 2.90. The molecule has 0 fully saturated rings. The largest absolute Gasteiger partial charge is 0.334 e. The number of rotatable bonds is 1. The fourth-order valence-corrected chi connectivity index (χ4v) is 0.320. The second-order valence-corrected chi connectivity index (χ2v) is 1.69. The highest BCUT2D eigenvalue weighted by atomic mass is 16.2. The van der Waals surface area contributed by atoms with Gasteiger partial charge in [-0.3, -0.25) is 10.2 Å². The summed E-state index contributed by atoms with van der Waals surface area (Å²) in [5.41, 5.74) is 4.16. The highest BCUT2D eigenvalue weighted by molar-refractivity contribution is 5.79. The first-order chi connectivity index (χ1) is 5.16. The third-order valence-electron chi connectivity index (χ3n) is 0.703. The predicted octanol–water partition coefficient (Wildman–Crippen LogP) is -1.03. The molecule has 0 aliphatic carbocycles. The Balaban J connectivity index is 3.39. The molecule has 0 heterocycles. The van der Waals surface area contributed by atoms with E-state index in [1.165, 1.54) is 6.92 Å². The maximum Gasteiger partial charge on any atom is 0.334 e. The van der Waals surface area contributed by atoms with E-state index in [-0.39, 0.29) is 12.5 Å². The Hall–Kier alpha value is -1.70. The zero-order valence-corrected chi connectivity index (χ0v) is 6.10. The number of carbonyl (C=O) groups is 2. The Morgan fingerprint density at radius 1 is 1.45 bits per heavy atom. The minimum Gasteiger partial charge on any atom is -0.326 e. The van der Waals surface area contributed by atoms with Crippen molar-refractivity contribution in [1.82, 2.24) is 16.2 Å². The molecule has 0 rings (SSSR count). The van der Waals surface area contributed by atoms with Crippen LogP contribution in [0.2, 0.25) is 0 Å². The van der Waals surface area contributed by atoms with Crippen molar-refractivity contribution in [2.75, 3.05) is 6.54 Å². The van der Waals surface area contributed by atoms with E-state index in [1.54, 1.807) is 0 Å². The van der Waals surface area contributed by atoms with Crippen molar-refractivity contribution in [3.05, 3.63) is 0 Å². The minimum absolute atomic E-state index is 0.130. The molecule has 0 aromatic heterocycles. The van der Waals surface area contributed by atoms with Gasteiger partial charge in [0.25, 0.3) is 0 Å². The van der Waals surface area contributed by atoms with Crippen LogP contribution in [0.3, 0.4) is 0 Å². The highest BCUT2D eigenvalue weighted by Gasteiger charge is 1.96. The number of nitrogens with one attached hydrogen (secondary N) is 3. The molecule has 0 aliphatic rings. The molecule has 11 heavy (non-hydrogen) atoms. The van der Waals surface area contributed by atoms with E-state index in [0.29, 0.717) is 0 Å². The second-order valence-electron chi connectivity index (χ2n) is 1.69. The van der Waals surface area contributed by atoms with E-state index in [9.17, 15) is 9.59 Å². The van der Waals surface area contributed by atoms with Crippen LogP contribution in [0, 0.1) is 12.3 Å². The molecular formula is C6H9N3O2. The van der Waals surface area contributed by atoms with Gasteiger partial charge in [0.05, 0.1) is 6.54 Å². The van der Waals surface area contributed by atoms with Crippen LogP contribution in [0.1, 0.15) is 6.92 Å². The smallest absolute Gasteiger partial charge is 0.326 e. The molecule has 0 aromatic rings. The molecule has 0 atom stereocenters. The van der Waals surface area contributed by atoms with Gasteiger partial charge in [0.15, 0.2) is 0 Å². The molecule has 5 nitrogen and oxygen atoms in total. The number of urea groups is 1. The zero-order valence-electron chi connectivity index (χ0n) is 6.10. The van der Waals surface area contributed by atoms with Gasteiger partial charge >= 0.3 is 6.03 Å². The van der Waals surface area contributed by atoms with E-state index in [1.807, 2.05) is 0 Å². The highest BCUT2D eigenvalue weighted by Crippen LogP contribution is 1.60. The number of hydrazine groups is 1. The van der Waals surface area contributed by atoms with Gasteiger partial charge in [0.2, 0.25) is 5.91 Å². The summed E-state index contributed by atoms with van der Waals surface area (Å²) in [4.78, 5) is 20.8. The van der Waals surface area contributed by atoms with E-state index in [0.717, 1.165) is 0 Å². The van der Waals surface area contributed by atoms with Crippen molar-refractivity contribution >= 4 is 11.9 Å². The normalized spacial score (nSPS) is 7.64. The Kier molecular flexibility index (Phi) is 4.32. The van der Waals surface area contributed by atoms with E-state index >= 15 is 0 Å². The van der Waals surface area contributed by atoms with Crippen molar-refractivity contribution in [2.24, 2.45) is 0 Å². The molecule has 60 valence electrons. The van der Waals surface area contributed by atoms with Gasteiger partial charge in [-0.2, -0.15) is 0 Å². The van der Waals surface area contributed by atoms with Gasteiger partial charge in [-0.05, 0) is 0 Å². The number of carbonyl (C=O) groups excluding carboxylic acids is 2. The molecule has 0 bridgehead atoms. The van der Waals surface area contributed by atoms with Crippen molar-refractivity contribution in [2.45, 2.75) is 6.92 Å². The summed E-state index contributed by atoms with van der Waals surface area (Å²) in [6.45, 7) is 1.41. The SMILES string of the molecule is C#CCNC(=O)NNC(C)=O. The van der Waals surface area contributed by atoms with Gasteiger partial charge in [0, 0.05) is 6.92 Å². The summed E-state index contributed by atoms with van der Waals surface area (Å²) < 4.78 is 0. The van der Waals surface area contributed by atoms with Crippen LogP contribution in [0.5, 0.6) is 0 Å². The van der Waals surface area contributed by atoms with Crippen molar-refractivity contribution < 1.29 is 9.59 Å². The second kappa shape index (κ2) is 5.11. The quantitative estimate of drug-likeness (QED) is 0.334. The molecule has 0 radical (unpaired) electrons. The van der Waals surface area contributed by atoms with Crippen LogP contribution in [-0.2, 0) is 4.79 Å². The average molecular weight is 155 g/mol.